The van der Waals surface area contributed by atoms with E-state index in [-0.39, 0.29) is 4.77 Å². The molecule has 0 radical (unpaired) electrons. The lowest BCUT2D eigenvalue weighted by Gasteiger charge is -2.33. The number of phosphoric ester groups is 1. The minimum absolute atomic E-state index is 0.199. The molecule has 30 heavy (non-hydrogen) atoms. The number of ether oxygens (including phenoxy) is 1. The molecule has 20 heteroatoms. The lowest BCUT2D eigenvalue weighted by Crippen LogP contribution is -2.44. The average molecular weight is 511 g/mol. The van der Waals surface area contributed by atoms with E-state index in [9.17, 15) is 43.4 Å². The molecule has 1 aromatic heterocycles. The third-order valence-electron chi connectivity index (χ3n) is 3.66. The molecule has 0 saturated carbocycles. The van der Waals surface area contributed by atoms with Gasteiger partial charge in [0.25, 0.3) is 29.0 Å². The maximum Gasteiger partial charge on any atom is 0.280 e. The van der Waals surface area contributed by atoms with Crippen LogP contribution in [-0.2, 0) is 31.6 Å². The second-order valence-corrected chi connectivity index (χ2v) is 10.7. The van der Waals surface area contributed by atoms with Crippen molar-refractivity contribution in [3.05, 3.63) is 27.4 Å². The standard InChI is InChI=1S/C10H17N2O14P3S/c1-10(15)7(14)5(24-8(10)12-3-2-6(13)11-9(12)30)4-23-28(19,20)26-29(21,22)25-27(16,17)18/h2-3,5,7-8,14-15H,4H2,1H3,(H,19,20)(H,21,22)(H,11,13,30)(H2,16,17,18)/p-3/t5-,7+,8-,10?/m1/s1. The molecule has 1 aromatic rings. The van der Waals surface area contributed by atoms with Crippen molar-refractivity contribution < 1.29 is 61.4 Å². The largest absolute Gasteiger partial charge is 0.756 e. The van der Waals surface area contributed by atoms with Crippen LogP contribution < -0.4 is 20.2 Å². The Balaban J connectivity index is 2.13. The predicted octanol–water partition coefficient (Wildman–Crippen LogP) is -2.64. The number of aromatic nitrogens is 2. The molecule has 0 aliphatic carbocycles. The quantitative estimate of drug-likeness (QED) is 0.205. The highest BCUT2D eigenvalue weighted by Crippen LogP contribution is 2.61. The minimum atomic E-state index is -6.09. The van der Waals surface area contributed by atoms with Gasteiger partial charge in [0.2, 0.25) is 0 Å². The van der Waals surface area contributed by atoms with Crippen molar-refractivity contribution in [1.29, 1.82) is 0 Å². The highest BCUT2D eigenvalue weighted by atomic mass is 32.1. The van der Waals surface area contributed by atoms with Gasteiger partial charge in [0.15, 0.2) is 11.0 Å². The summed E-state index contributed by atoms with van der Waals surface area (Å²) >= 11 is 4.92. The number of hydrogen-bond acceptors (Lipinski definition) is 14. The second kappa shape index (κ2) is 8.73. The molecule has 4 N–H and O–H groups in total. The van der Waals surface area contributed by atoms with E-state index in [4.69, 9.17) is 21.8 Å². The predicted molar refractivity (Wildman–Crippen MR) is 89.6 cm³/mol. The number of rotatable bonds is 8. The van der Waals surface area contributed by atoms with Gasteiger partial charge in [-0.25, -0.2) is 8.62 Å². The zero-order valence-corrected chi connectivity index (χ0v) is 18.1. The van der Waals surface area contributed by atoms with Crippen LogP contribution in [0.4, 0.5) is 0 Å². The van der Waals surface area contributed by atoms with Crippen LogP contribution in [0.5, 0.6) is 0 Å². The molecular weight excluding hydrogens is 497 g/mol. The molecule has 16 nitrogen and oxygen atoms in total. The molecule has 1 saturated heterocycles. The fourth-order valence-corrected chi connectivity index (χ4v) is 5.60. The summed E-state index contributed by atoms with van der Waals surface area (Å²) in [5, 5.41) is 20.7. The van der Waals surface area contributed by atoms with Gasteiger partial charge in [-0.15, -0.1) is 0 Å². The maximum atomic E-state index is 11.6. The topological polar surface area (TPSA) is 256 Å². The Hall–Kier alpha value is -0.610. The van der Waals surface area contributed by atoms with Crippen LogP contribution >= 0.6 is 35.7 Å². The van der Waals surface area contributed by atoms with Crippen LogP contribution in [-0.4, -0.2) is 49.1 Å². The first-order valence-electron chi connectivity index (χ1n) is 7.54. The van der Waals surface area contributed by atoms with Gasteiger partial charge in [-0.3, -0.25) is 28.0 Å². The lowest BCUT2D eigenvalue weighted by molar-refractivity contribution is -0.250. The van der Waals surface area contributed by atoms with Crippen LogP contribution in [0.25, 0.3) is 0 Å². The van der Waals surface area contributed by atoms with Gasteiger partial charge in [-0.1, -0.05) is 0 Å². The van der Waals surface area contributed by atoms with E-state index in [1.54, 1.807) is 0 Å². The van der Waals surface area contributed by atoms with Crippen molar-refractivity contribution in [1.82, 2.24) is 9.55 Å². The Kier molecular flexibility index (Phi) is 7.46. The molecule has 0 spiro atoms. The number of hydrogen-bond donors (Lipinski definition) is 4. The number of nitrogens with zero attached hydrogens (tertiary/aromatic N) is 1. The van der Waals surface area contributed by atoms with Gasteiger partial charge in [0.1, 0.15) is 17.8 Å². The third kappa shape index (κ3) is 6.45. The van der Waals surface area contributed by atoms with Gasteiger partial charge >= 0.3 is 0 Å². The smallest absolute Gasteiger partial charge is 0.280 e. The van der Waals surface area contributed by atoms with Crippen molar-refractivity contribution in [3.8, 4) is 0 Å². The zero-order chi connectivity index (χ0) is 23.1. The van der Waals surface area contributed by atoms with Gasteiger partial charge in [0.05, 0.1) is 6.61 Å². The highest BCUT2D eigenvalue weighted by Gasteiger charge is 2.53. The third-order valence-corrected chi connectivity index (χ3v) is 7.66. The van der Waals surface area contributed by atoms with Crippen molar-refractivity contribution in [3.63, 3.8) is 0 Å². The number of aliphatic hydroxyl groups is 2. The fraction of sp³-hybridized carbons (Fsp3) is 0.600. The monoisotopic (exact) mass is 511 g/mol. The molecule has 1 aliphatic heterocycles. The van der Waals surface area contributed by atoms with Gasteiger partial charge in [0, 0.05) is 12.3 Å². The minimum Gasteiger partial charge on any atom is -0.756 e. The van der Waals surface area contributed by atoms with E-state index < -0.39 is 59.7 Å². The van der Waals surface area contributed by atoms with Crippen LogP contribution in [0.2, 0.25) is 0 Å². The summed E-state index contributed by atoms with van der Waals surface area (Å²) in [6.07, 6.45) is -3.67. The molecule has 0 amide bonds. The Labute approximate surface area is 172 Å². The van der Waals surface area contributed by atoms with E-state index in [1.807, 2.05) is 0 Å². The maximum absolute atomic E-state index is 11.6. The molecule has 1 aliphatic rings. The average Bonchev–Trinajstić information content (AvgIpc) is 2.73. The van der Waals surface area contributed by atoms with Crippen molar-refractivity contribution in [2.24, 2.45) is 0 Å². The first-order valence-corrected chi connectivity index (χ1v) is 12.4. The molecule has 172 valence electrons. The van der Waals surface area contributed by atoms with Crippen molar-refractivity contribution >= 4 is 35.7 Å². The van der Waals surface area contributed by atoms with Crippen LogP contribution in [0.15, 0.2) is 17.1 Å². The molecule has 0 bridgehead atoms. The zero-order valence-electron chi connectivity index (χ0n) is 14.6. The summed E-state index contributed by atoms with van der Waals surface area (Å²) in [5.74, 6) is 0. The van der Waals surface area contributed by atoms with Gasteiger partial charge < -0.3 is 39.0 Å². The molecule has 1 fully saturated rings. The molecular formula is C10H14N2O14P3S-3. The van der Waals surface area contributed by atoms with Crippen LogP contribution in [0.1, 0.15) is 13.2 Å². The highest BCUT2D eigenvalue weighted by molar-refractivity contribution is 7.71. The summed E-state index contributed by atoms with van der Waals surface area (Å²) in [6.45, 7) is 0.00858. The molecule has 2 rings (SSSR count). The Morgan fingerprint density at radius 1 is 1.30 bits per heavy atom. The number of aliphatic hydroxyl groups excluding tert-OH is 1. The molecule has 4 unspecified atom stereocenters. The Morgan fingerprint density at radius 3 is 2.43 bits per heavy atom. The molecule has 0 aromatic carbocycles. The van der Waals surface area contributed by atoms with Gasteiger partial charge in [-0.2, -0.15) is 0 Å². The Morgan fingerprint density at radius 2 is 1.90 bits per heavy atom. The number of phosphoric acid groups is 3. The fourth-order valence-electron chi connectivity index (χ4n) is 2.44. The van der Waals surface area contributed by atoms with Gasteiger partial charge in [-0.05, 0) is 19.1 Å². The summed E-state index contributed by atoms with van der Waals surface area (Å²) in [4.78, 5) is 55.0. The Bertz CT molecular complexity index is 1050. The first-order chi connectivity index (χ1) is 13.4. The first kappa shape index (κ1) is 25.6. The second-order valence-electron chi connectivity index (χ2n) is 6.04. The molecule has 7 atom stereocenters. The van der Waals surface area contributed by atoms with Crippen molar-refractivity contribution in [2.75, 3.05) is 6.61 Å². The van der Waals surface area contributed by atoms with E-state index in [0.717, 1.165) is 23.8 Å². The normalized spacial score (nSPS) is 32.8. The lowest BCUT2D eigenvalue weighted by atomic mass is 9.96. The van der Waals surface area contributed by atoms with E-state index in [1.165, 1.54) is 0 Å². The van der Waals surface area contributed by atoms with Crippen molar-refractivity contribution in [2.45, 2.75) is 31.0 Å². The van der Waals surface area contributed by atoms with E-state index in [2.05, 4.69) is 18.1 Å². The number of aromatic amines is 1. The summed E-state index contributed by atoms with van der Waals surface area (Å²) < 4.78 is 50.1. The SMILES string of the molecule is CC1(O)[C@@H](O)[C@@H](COP(=O)([O-])OP(=O)([O-])OP(=O)([O-])O)O[C@H]1n1ccc(=O)[nH]c1=S. The number of nitrogens with one attached hydrogen (secondary N) is 1. The van der Waals surface area contributed by atoms with Crippen LogP contribution in [0.3, 0.4) is 0 Å². The number of H-pyrrole nitrogens is 1. The van der Waals surface area contributed by atoms with Crippen LogP contribution in [0, 0.1) is 4.77 Å². The van der Waals surface area contributed by atoms with E-state index in [0.29, 0.717) is 0 Å². The summed E-state index contributed by atoms with van der Waals surface area (Å²) in [5.41, 5.74) is -2.64. The van der Waals surface area contributed by atoms with E-state index >= 15 is 0 Å². The molecule has 2 heterocycles. The summed E-state index contributed by atoms with van der Waals surface area (Å²) in [6, 6.07) is 1.03. The summed E-state index contributed by atoms with van der Waals surface area (Å²) in [7, 11) is -17.8.